The molecule has 0 radical (unpaired) electrons. The maximum Gasteiger partial charge on any atom is 0.305 e. The predicted octanol–water partition coefficient (Wildman–Crippen LogP) is -0.648. The first kappa shape index (κ1) is 49.3. The molecular formula is C40H50N12O11S. The summed E-state index contributed by atoms with van der Waals surface area (Å²) < 4.78 is 32.7. The molecule has 342 valence electrons. The van der Waals surface area contributed by atoms with Gasteiger partial charge >= 0.3 is 5.97 Å². The molecule has 1 aliphatic rings. The number of rotatable bonds is 18. The number of aliphatic carboxylic acids is 1. The molecule has 24 heteroatoms. The first-order valence-corrected chi connectivity index (χ1v) is 21.4. The minimum Gasteiger partial charge on any atom is -0.481 e. The number of benzene rings is 2. The Morgan fingerprint density at radius 1 is 0.781 bits per heavy atom. The van der Waals surface area contributed by atoms with Crippen molar-refractivity contribution in [2.45, 2.75) is 80.6 Å². The van der Waals surface area contributed by atoms with Crippen molar-refractivity contribution >= 4 is 63.3 Å². The molecule has 2 unspecified atom stereocenters. The van der Waals surface area contributed by atoms with Gasteiger partial charge < -0.3 is 48.5 Å². The summed E-state index contributed by atoms with van der Waals surface area (Å²) >= 11 is 0. The zero-order chi connectivity index (χ0) is 46.6. The second-order valence-electron chi connectivity index (χ2n) is 14.4. The van der Waals surface area contributed by atoms with E-state index in [1.807, 2.05) is 0 Å². The van der Waals surface area contributed by atoms with Crippen molar-refractivity contribution in [1.82, 2.24) is 36.9 Å². The van der Waals surface area contributed by atoms with Gasteiger partial charge in [0.1, 0.15) is 24.2 Å². The standard InChI is InChI=1S/C40H50N12O11S/c41-40(42)44-18-8-13-27-37(58)49-28(12-6-7-17-43-35(56)26-15-16-32(45-21-26)52-47-22-25-11-4-5-14-31(25)64(61,62)63)38(59)50-29(19-24-9-2-1-3-10-24)39(60)51-30(20-34(54)55)36(57)46-23-33(53)48-27/h1-5,9-11,14-16,21,27-30H,6-8,12-13,17-20,22-23H2,(H,43,56)(H,46,57)(H,48,53)(H,49,58)(H,50,59)(H,51,60)(H,54,55)(H4,41,42,44)(H,61,62,63)/t27?,28-,29?,30-/m1/s1. The summed E-state index contributed by atoms with van der Waals surface area (Å²) in [6, 6.07) is 11.7. The van der Waals surface area contributed by atoms with E-state index in [2.05, 4.69) is 52.1 Å². The Morgan fingerprint density at radius 2 is 1.42 bits per heavy atom. The molecule has 4 atom stereocenters. The summed E-state index contributed by atoms with van der Waals surface area (Å²) in [5.41, 5.74) is 11.8. The van der Waals surface area contributed by atoms with Gasteiger partial charge in [0.05, 0.1) is 30.0 Å². The number of carboxylic acids is 1. The number of hydrogen-bond donors (Lipinski definition) is 10. The normalized spacial score (nSPS) is 18.9. The number of carboxylic acid groups (broad SMARTS) is 1. The fourth-order valence-corrected chi connectivity index (χ4v) is 6.98. The van der Waals surface area contributed by atoms with Gasteiger partial charge in [0.25, 0.3) is 16.0 Å². The van der Waals surface area contributed by atoms with Gasteiger partial charge in [-0.2, -0.15) is 13.5 Å². The van der Waals surface area contributed by atoms with Crippen LogP contribution in [0.2, 0.25) is 0 Å². The van der Waals surface area contributed by atoms with Crippen LogP contribution in [-0.4, -0.2) is 114 Å². The second kappa shape index (κ2) is 24.3. The Bertz CT molecular complexity index is 2310. The SMILES string of the molecule is NC(N)=NCCCC1NC(=O)CNC(=O)[C@@H](CC(=O)O)NC(=O)C(Cc2ccccc2)NC(=O)[C@@H](CCCCNC(=O)c2ccc(N=NCc3ccccc3S(=O)(=O)O)nc2)NC1=O. The molecule has 1 aromatic heterocycles. The molecule has 12 N–H and O–H groups in total. The molecule has 64 heavy (non-hydrogen) atoms. The van der Waals surface area contributed by atoms with Crippen LogP contribution in [0.3, 0.4) is 0 Å². The topological polar surface area (TPSA) is 368 Å². The lowest BCUT2D eigenvalue weighted by Crippen LogP contribution is -2.58. The van der Waals surface area contributed by atoms with E-state index in [1.54, 1.807) is 36.4 Å². The Labute approximate surface area is 367 Å². The summed E-state index contributed by atoms with van der Waals surface area (Å²) in [4.78, 5) is 99.8. The highest BCUT2D eigenvalue weighted by Crippen LogP contribution is 2.18. The van der Waals surface area contributed by atoms with Crippen molar-refractivity contribution in [2.75, 3.05) is 19.6 Å². The number of guanidine groups is 1. The number of hydrogen-bond acceptors (Lipinski definition) is 13. The summed E-state index contributed by atoms with van der Waals surface area (Å²) in [5, 5.41) is 32.6. The average molecular weight is 907 g/mol. The van der Waals surface area contributed by atoms with Crippen molar-refractivity contribution in [1.29, 1.82) is 0 Å². The third kappa shape index (κ3) is 16.5. The molecule has 3 aromatic rings. The van der Waals surface area contributed by atoms with Gasteiger partial charge in [-0.3, -0.25) is 43.1 Å². The highest BCUT2D eigenvalue weighted by atomic mass is 32.2. The molecule has 2 aromatic carbocycles. The van der Waals surface area contributed by atoms with E-state index in [9.17, 15) is 51.6 Å². The smallest absolute Gasteiger partial charge is 0.305 e. The third-order valence-corrected chi connectivity index (χ3v) is 10.4. The number of pyridine rings is 1. The zero-order valence-electron chi connectivity index (χ0n) is 34.4. The largest absolute Gasteiger partial charge is 0.481 e. The number of nitrogens with two attached hydrogens (primary N) is 2. The zero-order valence-corrected chi connectivity index (χ0v) is 35.3. The number of amides is 6. The Balaban J connectivity index is 1.46. The van der Waals surface area contributed by atoms with Crippen LogP contribution < -0.4 is 43.4 Å². The van der Waals surface area contributed by atoms with Crippen molar-refractivity contribution in [2.24, 2.45) is 26.7 Å². The van der Waals surface area contributed by atoms with E-state index < -0.39 is 88.7 Å². The van der Waals surface area contributed by atoms with Crippen LogP contribution in [0.15, 0.2) is 93.0 Å². The molecule has 1 aliphatic heterocycles. The minimum absolute atomic E-state index is 0.000562. The number of carbonyl (C=O) groups excluding carboxylic acids is 6. The second-order valence-corrected chi connectivity index (χ2v) is 15.8. The van der Waals surface area contributed by atoms with Crippen LogP contribution in [-0.2, 0) is 51.9 Å². The number of carbonyl (C=O) groups is 7. The van der Waals surface area contributed by atoms with E-state index in [4.69, 9.17) is 11.5 Å². The van der Waals surface area contributed by atoms with E-state index in [1.165, 1.54) is 36.5 Å². The molecule has 0 aliphatic carbocycles. The molecule has 2 heterocycles. The molecule has 0 saturated carbocycles. The highest BCUT2D eigenvalue weighted by Gasteiger charge is 2.33. The fourth-order valence-electron chi connectivity index (χ4n) is 6.26. The van der Waals surface area contributed by atoms with Crippen molar-refractivity contribution in [3.05, 3.63) is 89.6 Å². The number of azo groups is 1. The summed E-state index contributed by atoms with van der Waals surface area (Å²) in [6.45, 7) is -0.610. The van der Waals surface area contributed by atoms with Crippen molar-refractivity contribution in [3.63, 3.8) is 0 Å². The lowest BCUT2D eigenvalue weighted by atomic mass is 10.0. The average Bonchev–Trinajstić information content (AvgIpc) is 3.25. The summed E-state index contributed by atoms with van der Waals surface area (Å²) in [7, 11) is -4.46. The fraction of sp³-hybridized carbons (Fsp3) is 0.375. The lowest BCUT2D eigenvalue weighted by Gasteiger charge is -2.26. The number of unbranched alkanes of at least 4 members (excludes halogenated alkanes) is 1. The molecule has 4 rings (SSSR count). The quantitative estimate of drug-likeness (QED) is 0.0250. The first-order chi connectivity index (χ1) is 30.5. The van der Waals surface area contributed by atoms with Gasteiger partial charge in [-0.1, -0.05) is 48.5 Å². The molecule has 0 spiro atoms. The van der Waals surface area contributed by atoms with Crippen LogP contribution >= 0.6 is 0 Å². The van der Waals surface area contributed by atoms with Crippen molar-refractivity contribution in [3.8, 4) is 0 Å². The predicted molar refractivity (Wildman–Crippen MR) is 228 cm³/mol. The molecule has 0 bridgehead atoms. The van der Waals surface area contributed by atoms with E-state index >= 15 is 0 Å². The van der Waals surface area contributed by atoms with E-state index in [0.717, 1.165) is 0 Å². The Kier molecular flexibility index (Phi) is 18.8. The number of nitrogens with zero attached hydrogens (tertiary/aromatic N) is 4. The monoisotopic (exact) mass is 906 g/mol. The van der Waals surface area contributed by atoms with Crippen LogP contribution in [0.5, 0.6) is 0 Å². The van der Waals surface area contributed by atoms with Gasteiger partial charge in [0, 0.05) is 25.7 Å². The van der Waals surface area contributed by atoms with Crippen molar-refractivity contribution < 1.29 is 51.6 Å². The summed E-state index contributed by atoms with van der Waals surface area (Å²) in [6.07, 6.45) is 1.13. The van der Waals surface area contributed by atoms with Crippen LogP contribution in [0.25, 0.3) is 0 Å². The van der Waals surface area contributed by atoms with E-state index in [-0.39, 0.29) is 79.5 Å². The van der Waals surface area contributed by atoms with Crippen LogP contribution in [0.4, 0.5) is 5.82 Å². The lowest BCUT2D eigenvalue weighted by molar-refractivity contribution is -0.141. The first-order valence-electron chi connectivity index (χ1n) is 20.0. The third-order valence-electron chi connectivity index (χ3n) is 9.46. The Morgan fingerprint density at radius 3 is 2.09 bits per heavy atom. The molecule has 1 fully saturated rings. The number of aliphatic imine (C=N–C) groups is 1. The van der Waals surface area contributed by atoms with E-state index in [0.29, 0.717) is 12.0 Å². The molecule has 6 amide bonds. The Hall–Kier alpha value is -7.34. The minimum atomic E-state index is -4.46. The summed E-state index contributed by atoms with van der Waals surface area (Å²) in [5.74, 6) is -6.23. The van der Waals surface area contributed by atoms with Gasteiger partial charge in [-0.25, -0.2) is 4.98 Å². The maximum atomic E-state index is 14.0. The highest BCUT2D eigenvalue weighted by molar-refractivity contribution is 7.85. The maximum absolute atomic E-state index is 14.0. The number of aromatic nitrogens is 1. The van der Waals surface area contributed by atoms with Gasteiger partial charge in [-0.05, 0) is 61.4 Å². The van der Waals surface area contributed by atoms with Gasteiger partial charge in [0.2, 0.25) is 29.5 Å². The molecule has 1 saturated heterocycles. The number of nitrogens with one attached hydrogen (secondary N) is 6. The van der Waals surface area contributed by atoms with Crippen LogP contribution in [0.1, 0.15) is 60.0 Å². The van der Waals surface area contributed by atoms with Gasteiger partial charge in [0.15, 0.2) is 11.8 Å². The molecule has 23 nitrogen and oxygen atoms in total. The van der Waals surface area contributed by atoms with Gasteiger partial charge in [-0.15, -0.1) is 5.11 Å². The molecular weight excluding hydrogens is 857 g/mol. The van der Waals surface area contributed by atoms with Crippen LogP contribution in [0, 0.1) is 0 Å².